The number of unbranched alkanes of at least 4 members (excludes halogenated alkanes) is 6. The quantitative estimate of drug-likeness (QED) is 0.489. The van der Waals surface area contributed by atoms with E-state index in [1.165, 1.54) is 38.5 Å². The Balaban J connectivity index is 1.93. The maximum atomic E-state index is 11.7. The lowest BCUT2D eigenvalue weighted by Gasteiger charge is -2.15. The van der Waals surface area contributed by atoms with Crippen LogP contribution in [-0.2, 0) is 4.79 Å². The summed E-state index contributed by atoms with van der Waals surface area (Å²) in [7, 11) is 0. The molecular formula is C15H28ClNO. The molecule has 1 rings (SSSR count). The van der Waals surface area contributed by atoms with Crippen molar-refractivity contribution in [3.05, 3.63) is 0 Å². The second-order valence-electron chi connectivity index (χ2n) is 5.49. The molecule has 3 heteroatoms. The van der Waals surface area contributed by atoms with Gasteiger partial charge in [-0.15, -0.1) is 11.6 Å². The first-order valence-corrected chi connectivity index (χ1v) is 8.11. The monoisotopic (exact) mass is 273 g/mol. The third kappa shape index (κ3) is 6.63. The lowest BCUT2D eigenvalue weighted by Crippen LogP contribution is -2.37. The van der Waals surface area contributed by atoms with E-state index in [0.29, 0.717) is 6.42 Å². The molecule has 1 fully saturated rings. The van der Waals surface area contributed by atoms with Gasteiger partial charge in [-0.3, -0.25) is 4.79 Å². The number of hydrogen-bond acceptors (Lipinski definition) is 1. The number of halogens is 1. The minimum atomic E-state index is 0.156. The summed E-state index contributed by atoms with van der Waals surface area (Å²) in [6, 6.07) is 0.226. The molecule has 1 aliphatic rings. The standard InChI is InChI=1S/C15H28ClNO/c1-2-3-4-5-6-7-8-12-15(18)17-14-11-9-10-13(14)16/h13-14H,2-12H2,1H3,(H,17,18). The molecule has 0 aliphatic heterocycles. The maximum absolute atomic E-state index is 11.7. The van der Waals surface area contributed by atoms with E-state index in [4.69, 9.17) is 11.6 Å². The summed E-state index contributed by atoms with van der Waals surface area (Å²) >= 11 is 6.14. The predicted molar refractivity (Wildman–Crippen MR) is 78.0 cm³/mol. The lowest BCUT2D eigenvalue weighted by molar-refractivity contribution is -0.121. The van der Waals surface area contributed by atoms with Gasteiger partial charge in [-0.25, -0.2) is 0 Å². The van der Waals surface area contributed by atoms with Crippen molar-refractivity contribution in [2.24, 2.45) is 0 Å². The summed E-state index contributed by atoms with van der Waals surface area (Å²) in [5.74, 6) is 0.195. The minimum absolute atomic E-state index is 0.156. The lowest BCUT2D eigenvalue weighted by atomic mass is 10.1. The van der Waals surface area contributed by atoms with E-state index in [2.05, 4.69) is 12.2 Å². The van der Waals surface area contributed by atoms with Gasteiger partial charge < -0.3 is 5.32 Å². The van der Waals surface area contributed by atoms with Crippen LogP contribution in [0.5, 0.6) is 0 Å². The molecule has 18 heavy (non-hydrogen) atoms. The second-order valence-corrected chi connectivity index (χ2v) is 6.05. The second kappa shape index (κ2) is 9.66. The third-order valence-corrected chi connectivity index (χ3v) is 4.31. The predicted octanol–water partition coefficient (Wildman–Crippen LogP) is 4.40. The average molecular weight is 274 g/mol. The summed E-state index contributed by atoms with van der Waals surface area (Å²) in [4.78, 5) is 11.7. The first-order chi connectivity index (χ1) is 8.74. The number of rotatable bonds is 9. The van der Waals surface area contributed by atoms with Crippen LogP contribution in [0, 0.1) is 0 Å². The Labute approximate surface area is 117 Å². The topological polar surface area (TPSA) is 29.1 Å². The Bertz CT molecular complexity index is 233. The summed E-state index contributed by atoms with van der Waals surface area (Å²) in [6.45, 7) is 2.23. The van der Waals surface area contributed by atoms with Gasteiger partial charge in [0.05, 0.1) is 5.38 Å². The number of alkyl halides is 1. The van der Waals surface area contributed by atoms with Crippen molar-refractivity contribution in [2.75, 3.05) is 0 Å². The third-order valence-electron chi connectivity index (χ3n) is 3.79. The molecule has 2 nitrogen and oxygen atoms in total. The van der Waals surface area contributed by atoms with Gasteiger partial charge in [0.25, 0.3) is 0 Å². The highest BCUT2D eigenvalue weighted by Crippen LogP contribution is 2.24. The molecule has 0 spiro atoms. The van der Waals surface area contributed by atoms with Crippen LogP contribution < -0.4 is 5.32 Å². The summed E-state index contributed by atoms with van der Waals surface area (Å²) in [5, 5.41) is 3.22. The minimum Gasteiger partial charge on any atom is -0.352 e. The molecule has 1 saturated carbocycles. The van der Waals surface area contributed by atoms with Crippen LogP contribution in [0.4, 0.5) is 0 Å². The molecule has 1 amide bonds. The molecule has 0 heterocycles. The first kappa shape index (κ1) is 15.8. The fraction of sp³-hybridized carbons (Fsp3) is 0.933. The number of hydrogen-bond donors (Lipinski definition) is 1. The van der Waals surface area contributed by atoms with Gasteiger partial charge in [0.15, 0.2) is 0 Å². The van der Waals surface area contributed by atoms with Crippen LogP contribution in [0.15, 0.2) is 0 Å². The van der Waals surface area contributed by atoms with E-state index in [-0.39, 0.29) is 17.3 Å². The van der Waals surface area contributed by atoms with E-state index in [1.807, 2.05) is 0 Å². The van der Waals surface area contributed by atoms with E-state index in [9.17, 15) is 4.79 Å². The molecular weight excluding hydrogens is 246 g/mol. The Morgan fingerprint density at radius 3 is 2.39 bits per heavy atom. The fourth-order valence-corrected chi connectivity index (χ4v) is 2.94. The van der Waals surface area contributed by atoms with Crippen molar-refractivity contribution in [3.8, 4) is 0 Å². The molecule has 0 saturated heterocycles. The smallest absolute Gasteiger partial charge is 0.220 e. The molecule has 0 aromatic carbocycles. The van der Waals surface area contributed by atoms with Gasteiger partial charge in [0.2, 0.25) is 5.91 Å². The highest BCUT2D eigenvalue weighted by atomic mass is 35.5. The molecule has 2 atom stereocenters. The number of nitrogens with one attached hydrogen (secondary N) is 1. The molecule has 1 N–H and O–H groups in total. The van der Waals surface area contributed by atoms with E-state index < -0.39 is 0 Å². The first-order valence-electron chi connectivity index (χ1n) is 7.67. The van der Waals surface area contributed by atoms with Gasteiger partial charge in [-0.2, -0.15) is 0 Å². The largest absolute Gasteiger partial charge is 0.352 e. The van der Waals surface area contributed by atoms with Crippen LogP contribution in [0.3, 0.4) is 0 Å². The van der Waals surface area contributed by atoms with Crippen molar-refractivity contribution in [1.29, 1.82) is 0 Å². The van der Waals surface area contributed by atoms with Crippen LogP contribution in [0.2, 0.25) is 0 Å². The van der Waals surface area contributed by atoms with Crippen molar-refractivity contribution >= 4 is 17.5 Å². The van der Waals surface area contributed by atoms with Crippen molar-refractivity contribution in [2.45, 2.75) is 89.0 Å². The van der Waals surface area contributed by atoms with E-state index in [1.54, 1.807) is 0 Å². The Morgan fingerprint density at radius 1 is 1.11 bits per heavy atom. The van der Waals surface area contributed by atoms with E-state index >= 15 is 0 Å². The van der Waals surface area contributed by atoms with Crippen LogP contribution in [0.25, 0.3) is 0 Å². The van der Waals surface area contributed by atoms with Crippen molar-refractivity contribution < 1.29 is 4.79 Å². The molecule has 0 radical (unpaired) electrons. The van der Waals surface area contributed by atoms with Gasteiger partial charge >= 0.3 is 0 Å². The normalized spacial score (nSPS) is 23.2. The zero-order valence-corrected chi connectivity index (χ0v) is 12.5. The van der Waals surface area contributed by atoms with Crippen molar-refractivity contribution in [3.63, 3.8) is 0 Å². The Morgan fingerprint density at radius 2 is 1.78 bits per heavy atom. The molecule has 0 aromatic rings. The zero-order chi connectivity index (χ0) is 13.2. The average Bonchev–Trinajstić information content (AvgIpc) is 2.74. The van der Waals surface area contributed by atoms with E-state index in [0.717, 1.165) is 25.7 Å². The van der Waals surface area contributed by atoms with Gasteiger partial charge in [-0.05, 0) is 25.7 Å². The molecule has 106 valence electrons. The zero-order valence-electron chi connectivity index (χ0n) is 11.7. The number of amides is 1. The van der Waals surface area contributed by atoms with Crippen LogP contribution in [0.1, 0.15) is 77.6 Å². The molecule has 1 aliphatic carbocycles. The molecule has 0 aromatic heterocycles. The molecule has 2 unspecified atom stereocenters. The SMILES string of the molecule is CCCCCCCCCC(=O)NC1CCCC1Cl. The van der Waals surface area contributed by atoms with Gasteiger partial charge in [-0.1, -0.05) is 45.4 Å². The fourth-order valence-electron chi connectivity index (χ4n) is 2.60. The maximum Gasteiger partial charge on any atom is 0.220 e. The Kier molecular flexibility index (Phi) is 8.49. The number of carbonyl (C=O) groups excluding carboxylic acids is 1. The van der Waals surface area contributed by atoms with Crippen molar-refractivity contribution in [1.82, 2.24) is 5.32 Å². The summed E-state index contributed by atoms with van der Waals surface area (Å²) in [6.07, 6.45) is 12.7. The molecule has 0 bridgehead atoms. The van der Waals surface area contributed by atoms with Crippen LogP contribution in [-0.4, -0.2) is 17.3 Å². The van der Waals surface area contributed by atoms with Crippen LogP contribution >= 0.6 is 11.6 Å². The summed E-state index contributed by atoms with van der Waals surface area (Å²) in [5.41, 5.74) is 0. The highest BCUT2D eigenvalue weighted by Gasteiger charge is 2.26. The Hall–Kier alpha value is -0.240. The highest BCUT2D eigenvalue weighted by molar-refractivity contribution is 6.21. The number of carbonyl (C=O) groups is 1. The van der Waals surface area contributed by atoms with Gasteiger partial charge in [0.1, 0.15) is 0 Å². The summed E-state index contributed by atoms with van der Waals surface area (Å²) < 4.78 is 0. The van der Waals surface area contributed by atoms with Gasteiger partial charge in [0, 0.05) is 12.5 Å².